The van der Waals surface area contributed by atoms with Crippen LogP contribution < -0.4 is 0 Å². The summed E-state index contributed by atoms with van der Waals surface area (Å²) in [7, 11) is 0. The molecular weight excluding hydrogens is 340 g/mol. The molecule has 2 aliphatic heterocycles. The molecule has 0 bridgehead atoms. The first-order chi connectivity index (χ1) is 11.6. The topological polar surface area (TPSA) is 40.6 Å². The zero-order valence-corrected chi connectivity index (χ0v) is 15.0. The Balaban J connectivity index is 1.60. The highest BCUT2D eigenvalue weighted by molar-refractivity contribution is 8.13. The number of β-lactam (4-membered cyclic amide) rings is 1. The van der Waals surface area contributed by atoms with E-state index in [1.165, 1.54) is 17.3 Å². The molecule has 1 aromatic carbocycles. The van der Waals surface area contributed by atoms with Gasteiger partial charge in [-0.05, 0) is 34.9 Å². The number of thiophene rings is 1. The molecule has 2 fully saturated rings. The van der Waals surface area contributed by atoms with E-state index in [9.17, 15) is 9.59 Å². The van der Waals surface area contributed by atoms with Crippen molar-refractivity contribution >= 4 is 34.2 Å². The molecule has 0 unspecified atom stereocenters. The summed E-state index contributed by atoms with van der Waals surface area (Å²) in [6.07, 6.45) is 0. The van der Waals surface area contributed by atoms with Crippen molar-refractivity contribution in [1.29, 1.82) is 0 Å². The Hall–Kier alpha value is -1.79. The SMILES string of the molecule is Cc1ccc(CN2C(=O)[C@@H](N3CCSC3=O)[C@H]2c2ccsc2)cc1. The molecule has 0 aliphatic carbocycles. The van der Waals surface area contributed by atoms with Gasteiger partial charge in [-0.3, -0.25) is 9.59 Å². The molecular formula is C18H18N2O2S2. The third kappa shape index (κ3) is 2.63. The third-order valence-corrected chi connectivity index (χ3v) is 6.23. The number of hydrogen-bond acceptors (Lipinski definition) is 4. The minimum atomic E-state index is -0.340. The van der Waals surface area contributed by atoms with Crippen LogP contribution in [0.3, 0.4) is 0 Å². The van der Waals surface area contributed by atoms with Gasteiger partial charge in [0.2, 0.25) is 5.91 Å². The van der Waals surface area contributed by atoms with Gasteiger partial charge in [0.25, 0.3) is 5.24 Å². The van der Waals surface area contributed by atoms with Crippen molar-refractivity contribution in [2.75, 3.05) is 12.3 Å². The van der Waals surface area contributed by atoms with E-state index >= 15 is 0 Å². The van der Waals surface area contributed by atoms with Gasteiger partial charge in [0.05, 0.1) is 6.04 Å². The largest absolute Gasteiger partial charge is 0.327 e. The molecule has 6 heteroatoms. The van der Waals surface area contributed by atoms with E-state index in [-0.39, 0.29) is 23.2 Å². The number of aryl methyl sites for hydroxylation is 1. The third-order valence-electron chi connectivity index (χ3n) is 4.66. The second-order valence-electron chi connectivity index (χ2n) is 6.21. The van der Waals surface area contributed by atoms with Gasteiger partial charge >= 0.3 is 0 Å². The summed E-state index contributed by atoms with van der Waals surface area (Å²) in [5.74, 6) is 0.833. The lowest BCUT2D eigenvalue weighted by molar-refractivity contribution is -0.158. The molecule has 1 aromatic heterocycles. The monoisotopic (exact) mass is 358 g/mol. The van der Waals surface area contributed by atoms with E-state index in [4.69, 9.17) is 0 Å². The van der Waals surface area contributed by atoms with Crippen LogP contribution in [0.15, 0.2) is 41.1 Å². The lowest BCUT2D eigenvalue weighted by atomic mass is 9.88. The van der Waals surface area contributed by atoms with E-state index in [2.05, 4.69) is 42.6 Å². The van der Waals surface area contributed by atoms with Gasteiger partial charge in [-0.25, -0.2) is 0 Å². The number of thioether (sulfide) groups is 1. The highest BCUT2D eigenvalue weighted by Crippen LogP contribution is 2.42. The molecule has 0 saturated carbocycles. The maximum atomic E-state index is 12.8. The molecule has 4 nitrogen and oxygen atoms in total. The summed E-state index contributed by atoms with van der Waals surface area (Å²) in [5.41, 5.74) is 3.46. The number of likely N-dealkylation sites (tertiary alicyclic amines) is 1. The zero-order chi connectivity index (χ0) is 16.7. The Morgan fingerprint density at radius 3 is 2.54 bits per heavy atom. The molecule has 24 heavy (non-hydrogen) atoms. The van der Waals surface area contributed by atoms with Gasteiger partial charge in [0.1, 0.15) is 6.04 Å². The van der Waals surface area contributed by atoms with Crippen LogP contribution in [0.25, 0.3) is 0 Å². The maximum Gasteiger partial charge on any atom is 0.282 e. The summed E-state index contributed by atoms with van der Waals surface area (Å²) < 4.78 is 0. The first kappa shape index (κ1) is 15.7. The van der Waals surface area contributed by atoms with Crippen molar-refractivity contribution in [2.45, 2.75) is 25.6 Å². The number of amides is 2. The van der Waals surface area contributed by atoms with Crippen molar-refractivity contribution < 1.29 is 9.59 Å². The Bertz CT molecular complexity index is 758. The molecule has 2 amide bonds. The Morgan fingerprint density at radius 2 is 1.92 bits per heavy atom. The molecule has 2 saturated heterocycles. The highest BCUT2D eigenvalue weighted by Gasteiger charge is 2.53. The van der Waals surface area contributed by atoms with Gasteiger partial charge in [-0.2, -0.15) is 11.3 Å². The number of rotatable bonds is 4. The quantitative estimate of drug-likeness (QED) is 0.783. The lowest BCUT2D eigenvalue weighted by Crippen LogP contribution is -2.65. The van der Waals surface area contributed by atoms with Crippen LogP contribution in [-0.2, 0) is 11.3 Å². The summed E-state index contributed by atoms with van der Waals surface area (Å²) in [5, 5.41) is 4.14. The second kappa shape index (κ2) is 6.26. The summed E-state index contributed by atoms with van der Waals surface area (Å²) in [6, 6.07) is 9.95. The molecule has 2 atom stereocenters. The van der Waals surface area contributed by atoms with Crippen molar-refractivity contribution in [2.24, 2.45) is 0 Å². The molecule has 4 rings (SSSR count). The first-order valence-corrected chi connectivity index (χ1v) is 9.89. The van der Waals surface area contributed by atoms with Crippen LogP contribution in [0.1, 0.15) is 22.7 Å². The number of carbonyl (C=O) groups excluding carboxylic acids is 2. The van der Waals surface area contributed by atoms with Crippen LogP contribution in [0.2, 0.25) is 0 Å². The van der Waals surface area contributed by atoms with E-state index in [1.54, 1.807) is 16.2 Å². The predicted molar refractivity (Wildman–Crippen MR) is 97.1 cm³/mol. The summed E-state index contributed by atoms with van der Waals surface area (Å²) in [4.78, 5) is 28.5. The molecule has 0 spiro atoms. The molecule has 2 aliphatic rings. The Labute approximate surface area is 149 Å². The van der Waals surface area contributed by atoms with Crippen LogP contribution in [0.4, 0.5) is 4.79 Å². The smallest absolute Gasteiger partial charge is 0.282 e. The fraction of sp³-hybridized carbons (Fsp3) is 0.333. The standard InChI is InChI=1S/C18H18N2O2S2/c1-12-2-4-13(5-3-12)10-20-15(14-6-8-23-11-14)16(17(20)21)19-7-9-24-18(19)22/h2-6,8,11,15-16H,7,9-10H2,1H3/t15-,16+/m1/s1. The van der Waals surface area contributed by atoms with Crippen molar-refractivity contribution in [3.63, 3.8) is 0 Å². The molecule has 0 N–H and O–H groups in total. The number of hydrogen-bond donors (Lipinski definition) is 0. The fourth-order valence-electron chi connectivity index (χ4n) is 3.36. The molecule has 3 heterocycles. The van der Waals surface area contributed by atoms with Gasteiger partial charge in [-0.15, -0.1) is 0 Å². The van der Waals surface area contributed by atoms with E-state index < -0.39 is 0 Å². The molecule has 2 aromatic rings. The van der Waals surface area contributed by atoms with E-state index in [0.717, 1.165) is 16.9 Å². The normalized spacial score (nSPS) is 23.7. The van der Waals surface area contributed by atoms with E-state index in [0.29, 0.717) is 13.1 Å². The number of nitrogens with zero attached hydrogens (tertiary/aromatic N) is 2. The minimum absolute atomic E-state index is 0.0311. The highest BCUT2D eigenvalue weighted by atomic mass is 32.2. The summed E-state index contributed by atoms with van der Waals surface area (Å²) in [6.45, 7) is 3.31. The van der Waals surface area contributed by atoms with Crippen molar-refractivity contribution in [3.8, 4) is 0 Å². The predicted octanol–water partition coefficient (Wildman–Crippen LogP) is 3.68. The Kier molecular flexibility index (Phi) is 4.10. The fourth-order valence-corrected chi connectivity index (χ4v) is 4.89. The number of benzene rings is 1. The van der Waals surface area contributed by atoms with Crippen molar-refractivity contribution in [1.82, 2.24) is 9.80 Å². The summed E-state index contributed by atoms with van der Waals surface area (Å²) >= 11 is 2.94. The van der Waals surface area contributed by atoms with Crippen LogP contribution >= 0.6 is 23.1 Å². The second-order valence-corrected chi connectivity index (χ2v) is 8.03. The minimum Gasteiger partial charge on any atom is -0.327 e. The van der Waals surface area contributed by atoms with Crippen LogP contribution in [-0.4, -0.2) is 39.3 Å². The van der Waals surface area contributed by atoms with Gasteiger partial charge in [-0.1, -0.05) is 41.6 Å². The average molecular weight is 358 g/mol. The molecule has 0 radical (unpaired) electrons. The first-order valence-electron chi connectivity index (χ1n) is 7.96. The number of carbonyl (C=O) groups is 2. The van der Waals surface area contributed by atoms with Gasteiger partial charge in [0.15, 0.2) is 0 Å². The maximum absolute atomic E-state index is 12.8. The van der Waals surface area contributed by atoms with Crippen molar-refractivity contribution in [3.05, 3.63) is 57.8 Å². The van der Waals surface area contributed by atoms with Crippen LogP contribution in [0, 0.1) is 6.92 Å². The lowest BCUT2D eigenvalue weighted by Gasteiger charge is -2.50. The van der Waals surface area contributed by atoms with Gasteiger partial charge < -0.3 is 9.80 Å². The van der Waals surface area contributed by atoms with Gasteiger partial charge in [0, 0.05) is 18.8 Å². The molecule has 124 valence electrons. The van der Waals surface area contributed by atoms with Crippen LogP contribution in [0.5, 0.6) is 0 Å². The zero-order valence-electron chi connectivity index (χ0n) is 13.3. The van der Waals surface area contributed by atoms with E-state index in [1.807, 2.05) is 10.3 Å². The Morgan fingerprint density at radius 1 is 1.12 bits per heavy atom. The average Bonchev–Trinajstić information content (AvgIpc) is 3.23.